The largest absolute Gasteiger partial charge is 0.493 e. The minimum Gasteiger partial charge on any atom is -0.493 e. The van der Waals surface area contributed by atoms with Crippen LogP contribution in [-0.2, 0) is 0 Å². The van der Waals surface area contributed by atoms with Crippen LogP contribution in [0.5, 0.6) is 5.75 Å². The molecule has 0 unspecified atom stereocenters. The molecule has 0 saturated carbocycles. The van der Waals surface area contributed by atoms with Crippen LogP contribution >= 0.6 is 0 Å². The number of fused-ring (bicyclic) bond motifs is 1. The molecule has 0 heterocycles. The van der Waals surface area contributed by atoms with E-state index in [1.54, 1.807) is 0 Å². The molecule has 0 aromatic rings. The van der Waals surface area contributed by atoms with E-state index in [0.29, 0.717) is 0 Å². The van der Waals surface area contributed by atoms with Gasteiger partial charge in [-0.3, -0.25) is 0 Å². The zero-order chi connectivity index (χ0) is 13.3. The number of rotatable bonds is 12. The predicted molar refractivity (Wildman–Crippen MR) is 82.8 cm³/mol. The number of hydrogen-bond donors (Lipinski definition) is 0. The monoisotopic (exact) mass is 260 g/mol. The quantitative estimate of drug-likeness (QED) is 0.427. The third-order valence-corrected chi connectivity index (χ3v) is 3.96. The van der Waals surface area contributed by atoms with Gasteiger partial charge in [0.1, 0.15) is 5.75 Å². The summed E-state index contributed by atoms with van der Waals surface area (Å²) >= 11 is 0. The third-order valence-electron chi connectivity index (χ3n) is 3.96. The summed E-state index contributed by atoms with van der Waals surface area (Å²) in [5, 5.41) is 0. The molecule has 0 bridgehead atoms. The summed E-state index contributed by atoms with van der Waals surface area (Å²) in [6.45, 7) is 3.17. The van der Waals surface area contributed by atoms with Gasteiger partial charge in [0.25, 0.3) is 0 Å². The molecule has 0 radical (unpaired) electrons. The Labute approximate surface area is 118 Å². The molecule has 1 heteroatoms. The van der Waals surface area contributed by atoms with Gasteiger partial charge >= 0.3 is 0 Å². The molecule has 0 spiro atoms. The minimum absolute atomic E-state index is 0.890. The second-order valence-electron chi connectivity index (χ2n) is 5.74. The maximum absolute atomic E-state index is 5.77. The lowest BCUT2D eigenvalue weighted by atomic mass is 10.1. The number of ether oxygens (including phenoxy) is 1. The van der Waals surface area contributed by atoms with Crippen LogP contribution in [0.1, 0.15) is 71.1 Å². The first-order valence-electron chi connectivity index (χ1n) is 8.19. The van der Waals surface area contributed by atoms with Crippen LogP contribution in [0, 0.1) is 0 Å². The van der Waals surface area contributed by atoms with Crippen LogP contribution in [0.3, 0.4) is 0 Å². The van der Waals surface area contributed by atoms with Crippen molar-refractivity contribution >= 4 is 0 Å². The van der Waals surface area contributed by atoms with E-state index < -0.39 is 0 Å². The van der Waals surface area contributed by atoms with Crippen LogP contribution in [0.2, 0.25) is 0 Å². The Hall–Kier alpha value is -0.980. The molecule has 0 N–H and O–H groups in total. The molecule has 1 nitrogen and oxygen atoms in total. The van der Waals surface area contributed by atoms with E-state index in [2.05, 4.69) is 25.1 Å². The van der Waals surface area contributed by atoms with Crippen LogP contribution in [0.15, 0.2) is 18.2 Å². The van der Waals surface area contributed by atoms with Gasteiger partial charge < -0.3 is 4.74 Å². The first kappa shape index (κ1) is 14.4. The van der Waals surface area contributed by atoms with Crippen molar-refractivity contribution in [2.75, 3.05) is 6.61 Å². The van der Waals surface area contributed by atoms with Gasteiger partial charge in [-0.2, -0.15) is 0 Å². The van der Waals surface area contributed by atoms with E-state index in [-0.39, 0.29) is 0 Å². The smallest absolute Gasteiger partial charge is 0.127 e. The van der Waals surface area contributed by atoms with Crippen molar-refractivity contribution in [2.45, 2.75) is 71.1 Å². The van der Waals surface area contributed by atoms with E-state index in [0.717, 1.165) is 12.4 Å². The van der Waals surface area contributed by atoms with Crippen molar-refractivity contribution in [3.8, 4) is 16.9 Å². The average Bonchev–Trinajstić information content (AvgIpc) is 3.10. The fourth-order valence-corrected chi connectivity index (χ4v) is 2.62. The fourth-order valence-electron chi connectivity index (χ4n) is 2.62. The lowest BCUT2D eigenvalue weighted by Gasteiger charge is -2.04. The van der Waals surface area contributed by atoms with Crippen molar-refractivity contribution in [2.24, 2.45) is 0 Å². The Bertz CT molecular complexity index is 370. The molecule has 2 aliphatic rings. The molecule has 0 aromatic carbocycles. The molecule has 19 heavy (non-hydrogen) atoms. The maximum atomic E-state index is 5.77. The van der Waals surface area contributed by atoms with Crippen molar-refractivity contribution in [1.29, 1.82) is 0 Å². The van der Waals surface area contributed by atoms with Gasteiger partial charge in [-0.1, -0.05) is 70.8 Å². The summed E-state index contributed by atoms with van der Waals surface area (Å²) in [5.41, 5.74) is 2.71. The standard InChI is InChI=1S/C18H28O/c1-2-3-4-5-6-7-8-9-10-11-14-19-18-13-12-16-15-17(16)18/h12-13,15H,2-11,14H2,1H3. The molecular formula is C18H28O. The summed E-state index contributed by atoms with van der Waals surface area (Å²) < 4.78 is 5.77. The molecule has 2 rings (SSSR count). The highest BCUT2D eigenvalue weighted by atomic mass is 16.5. The van der Waals surface area contributed by atoms with Crippen molar-refractivity contribution in [3.63, 3.8) is 0 Å². The summed E-state index contributed by atoms with van der Waals surface area (Å²) in [6.07, 6.45) is 13.8. The van der Waals surface area contributed by atoms with E-state index in [1.807, 2.05) is 0 Å². The number of hydrogen-bond acceptors (Lipinski definition) is 1. The Morgan fingerprint density at radius 2 is 1.42 bits per heavy atom. The summed E-state index contributed by atoms with van der Waals surface area (Å²) in [6, 6.07) is 6.43. The Morgan fingerprint density at radius 1 is 0.789 bits per heavy atom. The highest BCUT2D eigenvalue weighted by Gasteiger charge is 2.17. The summed E-state index contributed by atoms with van der Waals surface area (Å²) in [5.74, 6) is 1.10. The SMILES string of the molecule is CCCCCCCCCCCCOc1ccc2cc1-2. The fraction of sp³-hybridized carbons (Fsp3) is 0.667. The molecule has 0 aromatic heterocycles. The molecular weight excluding hydrogens is 232 g/mol. The van der Waals surface area contributed by atoms with Gasteiger partial charge in [-0.05, 0) is 24.1 Å². The average molecular weight is 260 g/mol. The molecule has 0 atom stereocenters. The van der Waals surface area contributed by atoms with Crippen LogP contribution in [0.4, 0.5) is 0 Å². The highest BCUT2D eigenvalue weighted by Crippen LogP contribution is 2.43. The zero-order valence-corrected chi connectivity index (χ0v) is 12.4. The molecule has 0 amide bonds. The molecule has 0 fully saturated rings. The van der Waals surface area contributed by atoms with E-state index in [4.69, 9.17) is 4.74 Å². The number of unbranched alkanes of at least 4 members (excludes halogenated alkanes) is 9. The first-order valence-corrected chi connectivity index (χ1v) is 8.19. The van der Waals surface area contributed by atoms with Gasteiger partial charge in [0, 0.05) is 5.56 Å². The lowest BCUT2D eigenvalue weighted by Crippen LogP contribution is -1.96. The first-order chi connectivity index (χ1) is 9.42. The minimum atomic E-state index is 0.890. The van der Waals surface area contributed by atoms with Gasteiger partial charge in [0.05, 0.1) is 6.61 Å². The van der Waals surface area contributed by atoms with Gasteiger partial charge in [0.2, 0.25) is 0 Å². The van der Waals surface area contributed by atoms with E-state index in [9.17, 15) is 0 Å². The second-order valence-corrected chi connectivity index (χ2v) is 5.74. The molecule has 2 aliphatic carbocycles. The lowest BCUT2D eigenvalue weighted by molar-refractivity contribution is 0.307. The van der Waals surface area contributed by atoms with Gasteiger partial charge in [-0.25, -0.2) is 0 Å². The Morgan fingerprint density at radius 3 is 1.95 bits per heavy atom. The van der Waals surface area contributed by atoms with Crippen LogP contribution in [-0.4, -0.2) is 6.61 Å². The van der Waals surface area contributed by atoms with Gasteiger partial charge in [-0.15, -0.1) is 0 Å². The molecule has 0 aliphatic heterocycles. The summed E-state index contributed by atoms with van der Waals surface area (Å²) in [4.78, 5) is 0. The number of benzene rings is 1. The van der Waals surface area contributed by atoms with E-state index in [1.165, 1.54) is 75.3 Å². The van der Waals surface area contributed by atoms with Gasteiger partial charge in [0.15, 0.2) is 0 Å². The zero-order valence-electron chi connectivity index (χ0n) is 12.4. The predicted octanol–water partition coefficient (Wildman–Crippen LogP) is 5.97. The Balaban J connectivity index is 1.32. The molecule has 106 valence electrons. The summed E-state index contributed by atoms with van der Waals surface area (Å²) in [7, 11) is 0. The topological polar surface area (TPSA) is 9.23 Å². The van der Waals surface area contributed by atoms with E-state index >= 15 is 0 Å². The van der Waals surface area contributed by atoms with Crippen molar-refractivity contribution in [1.82, 2.24) is 0 Å². The maximum Gasteiger partial charge on any atom is 0.127 e. The van der Waals surface area contributed by atoms with Crippen molar-refractivity contribution in [3.05, 3.63) is 18.2 Å². The molecule has 0 saturated heterocycles. The highest BCUT2D eigenvalue weighted by molar-refractivity contribution is 5.87. The van der Waals surface area contributed by atoms with Crippen LogP contribution in [0.25, 0.3) is 11.1 Å². The Kier molecular flexibility index (Phi) is 6.26. The van der Waals surface area contributed by atoms with Crippen LogP contribution < -0.4 is 4.74 Å². The second kappa shape index (κ2) is 8.24. The third kappa shape index (κ3) is 5.26. The van der Waals surface area contributed by atoms with Crippen molar-refractivity contribution < 1.29 is 4.74 Å². The normalized spacial score (nSPS) is 11.6.